The number of hydrogen-bond acceptors (Lipinski definition) is 3. The summed E-state index contributed by atoms with van der Waals surface area (Å²) in [7, 11) is 0. The zero-order chi connectivity index (χ0) is 22.3. The van der Waals surface area contributed by atoms with Gasteiger partial charge in [-0.05, 0) is 42.8 Å². The molecule has 0 heterocycles. The number of para-hydroxylation sites is 1. The van der Waals surface area contributed by atoms with Crippen molar-refractivity contribution in [3.8, 4) is 5.75 Å². The molecule has 2 amide bonds. The third-order valence-corrected chi connectivity index (χ3v) is 6.05. The Hall–Kier alpha value is -3.34. The van der Waals surface area contributed by atoms with Crippen LogP contribution in [0, 0.1) is 0 Å². The average Bonchev–Trinajstić information content (AvgIpc) is 2.83. The Morgan fingerprint density at radius 2 is 1.66 bits per heavy atom. The van der Waals surface area contributed by atoms with E-state index in [1.54, 1.807) is 12.1 Å². The molecule has 5 nitrogen and oxygen atoms in total. The topological polar surface area (TPSA) is 67.4 Å². The fourth-order valence-electron chi connectivity index (χ4n) is 4.29. The van der Waals surface area contributed by atoms with Crippen molar-refractivity contribution in [2.24, 2.45) is 0 Å². The number of benzene rings is 3. The Morgan fingerprint density at radius 1 is 0.938 bits per heavy atom. The average molecular weight is 431 g/mol. The normalized spacial score (nSPS) is 15.2. The number of hydrogen-bond donors (Lipinski definition) is 2. The Labute approximate surface area is 189 Å². The first kappa shape index (κ1) is 21.9. The van der Waals surface area contributed by atoms with Gasteiger partial charge in [-0.25, -0.2) is 0 Å². The zero-order valence-electron chi connectivity index (χ0n) is 18.5. The maximum atomic E-state index is 13.1. The SMILES string of the molecule is CC[C@H](Oc1cccc2ccccc12)C(=O)Nc1ccccc1C(=O)NC1CCCCC1. The number of ether oxygens (including phenoxy) is 1. The number of rotatable bonds is 7. The van der Waals surface area contributed by atoms with E-state index in [1.165, 1.54) is 6.42 Å². The van der Waals surface area contributed by atoms with E-state index in [-0.39, 0.29) is 17.9 Å². The quantitative estimate of drug-likeness (QED) is 0.505. The smallest absolute Gasteiger partial charge is 0.265 e. The number of anilines is 1. The monoisotopic (exact) mass is 430 g/mol. The summed E-state index contributed by atoms with van der Waals surface area (Å²) < 4.78 is 6.12. The highest BCUT2D eigenvalue weighted by atomic mass is 16.5. The van der Waals surface area contributed by atoms with E-state index in [2.05, 4.69) is 10.6 Å². The Morgan fingerprint density at radius 3 is 2.47 bits per heavy atom. The van der Waals surface area contributed by atoms with Gasteiger partial charge in [-0.2, -0.15) is 0 Å². The largest absolute Gasteiger partial charge is 0.480 e. The lowest BCUT2D eigenvalue weighted by Crippen LogP contribution is -2.37. The fourth-order valence-corrected chi connectivity index (χ4v) is 4.29. The summed E-state index contributed by atoms with van der Waals surface area (Å²) in [5, 5.41) is 8.08. The van der Waals surface area contributed by atoms with Gasteiger partial charge in [0.15, 0.2) is 6.10 Å². The molecule has 166 valence electrons. The van der Waals surface area contributed by atoms with Crippen LogP contribution in [0.2, 0.25) is 0 Å². The molecule has 0 bridgehead atoms. The molecule has 32 heavy (non-hydrogen) atoms. The van der Waals surface area contributed by atoms with E-state index in [9.17, 15) is 9.59 Å². The van der Waals surface area contributed by atoms with Gasteiger partial charge < -0.3 is 15.4 Å². The van der Waals surface area contributed by atoms with Crippen molar-refractivity contribution < 1.29 is 14.3 Å². The molecule has 0 radical (unpaired) electrons. The third-order valence-electron chi connectivity index (χ3n) is 6.05. The molecule has 0 saturated heterocycles. The van der Waals surface area contributed by atoms with Gasteiger partial charge in [0.1, 0.15) is 5.75 Å². The molecular formula is C27H30N2O3. The summed E-state index contributed by atoms with van der Waals surface area (Å²) in [4.78, 5) is 26.0. The van der Waals surface area contributed by atoms with Crippen LogP contribution in [0.4, 0.5) is 5.69 Å². The van der Waals surface area contributed by atoms with Gasteiger partial charge in [-0.3, -0.25) is 9.59 Å². The molecule has 1 atom stereocenters. The summed E-state index contributed by atoms with van der Waals surface area (Å²) in [6.45, 7) is 1.91. The molecule has 0 aliphatic heterocycles. The maximum absolute atomic E-state index is 13.1. The number of carbonyl (C=O) groups is 2. The molecule has 0 spiro atoms. The van der Waals surface area contributed by atoms with Gasteiger partial charge in [0.2, 0.25) is 0 Å². The predicted molar refractivity (Wildman–Crippen MR) is 128 cm³/mol. The van der Waals surface area contributed by atoms with Gasteiger partial charge in [0.05, 0.1) is 11.3 Å². The predicted octanol–water partition coefficient (Wildman–Crippen LogP) is 5.70. The van der Waals surface area contributed by atoms with E-state index >= 15 is 0 Å². The second-order valence-electron chi connectivity index (χ2n) is 8.34. The summed E-state index contributed by atoms with van der Waals surface area (Å²) in [6, 6.07) is 21.1. The van der Waals surface area contributed by atoms with Crippen molar-refractivity contribution in [3.63, 3.8) is 0 Å². The summed E-state index contributed by atoms with van der Waals surface area (Å²) in [5.41, 5.74) is 0.984. The van der Waals surface area contributed by atoms with E-state index in [4.69, 9.17) is 4.74 Å². The van der Waals surface area contributed by atoms with Gasteiger partial charge >= 0.3 is 0 Å². The van der Waals surface area contributed by atoms with E-state index in [0.717, 1.165) is 36.5 Å². The lowest BCUT2D eigenvalue weighted by Gasteiger charge is -2.23. The van der Waals surface area contributed by atoms with Crippen LogP contribution in [0.1, 0.15) is 55.8 Å². The van der Waals surface area contributed by atoms with Gasteiger partial charge in [0, 0.05) is 11.4 Å². The molecule has 1 aliphatic carbocycles. The number of amides is 2. The molecule has 1 fully saturated rings. The minimum atomic E-state index is -0.671. The number of carbonyl (C=O) groups excluding carboxylic acids is 2. The highest BCUT2D eigenvalue weighted by molar-refractivity contribution is 6.04. The molecule has 3 aromatic carbocycles. The first-order valence-electron chi connectivity index (χ1n) is 11.5. The summed E-state index contributed by atoms with van der Waals surface area (Å²) in [6.07, 6.45) is 5.38. The highest BCUT2D eigenvalue weighted by Crippen LogP contribution is 2.27. The van der Waals surface area contributed by atoms with E-state index in [1.807, 2.05) is 61.5 Å². The van der Waals surface area contributed by atoms with Crippen molar-refractivity contribution >= 4 is 28.3 Å². The van der Waals surface area contributed by atoms with Crippen LogP contribution in [0.5, 0.6) is 5.75 Å². The van der Waals surface area contributed by atoms with Crippen LogP contribution in [-0.4, -0.2) is 24.0 Å². The van der Waals surface area contributed by atoms with Crippen molar-refractivity contribution in [3.05, 3.63) is 72.3 Å². The Kier molecular flexibility index (Phi) is 7.05. The van der Waals surface area contributed by atoms with Crippen molar-refractivity contribution in [1.82, 2.24) is 5.32 Å². The second kappa shape index (κ2) is 10.3. The van der Waals surface area contributed by atoms with Gasteiger partial charge in [-0.1, -0.05) is 74.7 Å². The molecule has 2 N–H and O–H groups in total. The lowest BCUT2D eigenvalue weighted by atomic mass is 9.95. The van der Waals surface area contributed by atoms with Gasteiger partial charge in [-0.15, -0.1) is 0 Å². The first-order valence-corrected chi connectivity index (χ1v) is 11.5. The molecule has 4 rings (SSSR count). The third kappa shape index (κ3) is 5.10. The Balaban J connectivity index is 1.48. The van der Waals surface area contributed by atoms with Crippen molar-refractivity contribution in [1.29, 1.82) is 0 Å². The molecular weight excluding hydrogens is 400 g/mol. The van der Waals surface area contributed by atoms with E-state index in [0.29, 0.717) is 23.4 Å². The number of nitrogens with one attached hydrogen (secondary N) is 2. The van der Waals surface area contributed by atoms with Crippen LogP contribution < -0.4 is 15.4 Å². The molecule has 5 heteroatoms. The first-order chi connectivity index (χ1) is 15.7. The van der Waals surface area contributed by atoms with Crippen LogP contribution in [0.3, 0.4) is 0 Å². The summed E-state index contributed by atoms with van der Waals surface area (Å²) >= 11 is 0. The molecule has 1 saturated carbocycles. The summed E-state index contributed by atoms with van der Waals surface area (Å²) in [5.74, 6) is 0.266. The van der Waals surface area contributed by atoms with Crippen LogP contribution in [0.15, 0.2) is 66.7 Å². The Bertz CT molecular complexity index is 1080. The fraction of sp³-hybridized carbons (Fsp3) is 0.333. The molecule has 3 aromatic rings. The molecule has 1 aliphatic rings. The van der Waals surface area contributed by atoms with Crippen molar-refractivity contribution in [2.45, 2.75) is 57.6 Å². The van der Waals surface area contributed by atoms with Crippen LogP contribution >= 0.6 is 0 Å². The molecule has 0 aromatic heterocycles. The van der Waals surface area contributed by atoms with Crippen LogP contribution in [0.25, 0.3) is 10.8 Å². The minimum Gasteiger partial charge on any atom is -0.480 e. The second-order valence-corrected chi connectivity index (χ2v) is 8.34. The molecule has 0 unspecified atom stereocenters. The van der Waals surface area contributed by atoms with Crippen LogP contribution in [-0.2, 0) is 4.79 Å². The van der Waals surface area contributed by atoms with E-state index < -0.39 is 6.10 Å². The zero-order valence-corrected chi connectivity index (χ0v) is 18.5. The number of fused-ring (bicyclic) bond motifs is 1. The standard InChI is InChI=1S/C27H30N2O3/c1-2-24(32-25-18-10-12-19-11-6-7-15-21(19)25)27(31)29-23-17-9-8-16-22(23)26(30)28-20-13-4-3-5-14-20/h6-12,15-18,20,24H,2-5,13-14H2,1H3,(H,28,30)(H,29,31)/t24-/m0/s1. The van der Waals surface area contributed by atoms with Gasteiger partial charge in [0.25, 0.3) is 11.8 Å². The van der Waals surface area contributed by atoms with Crippen molar-refractivity contribution in [2.75, 3.05) is 5.32 Å². The lowest BCUT2D eigenvalue weighted by molar-refractivity contribution is -0.122. The maximum Gasteiger partial charge on any atom is 0.265 e. The highest BCUT2D eigenvalue weighted by Gasteiger charge is 2.23. The minimum absolute atomic E-state index is 0.143.